The van der Waals surface area contributed by atoms with Crippen LogP contribution in [-0.2, 0) is 14.3 Å². The van der Waals surface area contributed by atoms with Crippen molar-refractivity contribution in [1.29, 1.82) is 0 Å². The summed E-state index contributed by atoms with van der Waals surface area (Å²) in [5.74, 6) is 0.0322. The van der Waals surface area contributed by atoms with Gasteiger partial charge in [0.25, 0.3) is 0 Å². The quantitative estimate of drug-likeness (QED) is 0.0728. The van der Waals surface area contributed by atoms with Crippen molar-refractivity contribution in [3.05, 3.63) is 89.4 Å². The van der Waals surface area contributed by atoms with E-state index in [0.717, 1.165) is 0 Å². The van der Waals surface area contributed by atoms with Crippen LogP contribution in [0.5, 0.6) is 34.8 Å². The van der Waals surface area contributed by atoms with Gasteiger partial charge in [-0.2, -0.15) is 0 Å². The highest BCUT2D eigenvalue weighted by molar-refractivity contribution is 9.10. The predicted molar refractivity (Wildman–Crippen MR) is 196 cm³/mol. The van der Waals surface area contributed by atoms with Gasteiger partial charge in [0, 0.05) is 22.3 Å². The minimum absolute atomic E-state index is 0.106. The highest BCUT2D eigenvalue weighted by atomic mass is 79.9. The molecule has 0 saturated carbocycles. The van der Waals surface area contributed by atoms with E-state index in [0.29, 0.717) is 20.2 Å². The number of nitrogens with two attached hydrogens (primary N) is 1. The fourth-order valence-electron chi connectivity index (χ4n) is 3.45. The summed E-state index contributed by atoms with van der Waals surface area (Å²) in [6.07, 6.45) is 2.68. The van der Waals surface area contributed by atoms with Gasteiger partial charge in [0.1, 0.15) is 16.7 Å². The van der Waals surface area contributed by atoms with Crippen molar-refractivity contribution in [1.82, 2.24) is 9.97 Å². The number of esters is 2. The van der Waals surface area contributed by atoms with Crippen LogP contribution < -0.4 is 24.7 Å². The van der Waals surface area contributed by atoms with Crippen LogP contribution in [0, 0.1) is 4.91 Å². The van der Waals surface area contributed by atoms with E-state index in [-0.39, 0.29) is 55.9 Å². The van der Waals surface area contributed by atoms with Gasteiger partial charge in [0.15, 0.2) is 28.3 Å². The summed E-state index contributed by atoms with van der Waals surface area (Å²) >= 11 is 27.5. The Morgan fingerprint density at radius 1 is 0.706 bits per heavy atom. The third kappa shape index (κ3) is 13.1. The van der Waals surface area contributed by atoms with Gasteiger partial charge >= 0.3 is 11.9 Å². The highest BCUT2D eigenvalue weighted by Crippen LogP contribution is 2.40. The van der Waals surface area contributed by atoms with Gasteiger partial charge in [0.2, 0.25) is 11.8 Å². The van der Waals surface area contributed by atoms with Crippen LogP contribution in [-0.4, -0.2) is 55.9 Å². The third-order valence-electron chi connectivity index (χ3n) is 5.64. The molecule has 0 bridgehead atoms. The van der Waals surface area contributed by atoms with E-state index < -0.39 is 17.5 Å². The summed E-state index contributed by atoms with van der Waals surface area (Å²) in [5.41, 5.74) is 5.94. The van der Waals surface area contributed by atoms with Gasteiger partial charge in [-0.1, -0.05) is 62.3 Å². The summed E-state index contributed by atoms with van der Waals surface area (Å²) in [7, 11) is 5.37. The van der Waals surface area contributed by atoms with Crippen molar-refractivity contribution < 1.29 is 42.8 Å². The van der Waals surface area contributed by atoms with Gasteiger partial charge in [-0.15, -0.1) is 4.91 Å². The number of halogens is 5. The van der Waals surface area contributed by atoms with Gasteiger partial charge in [-0.05, 0) is 45.0 Å². The molecule has 0 aliphatic rings. The number of methoxy groups -OCH3 is 4. The van der Waals surface area contributed by atoms with E-state index >= 15 is 0 Å². The lowest BCUT2D eigenvalue weighted by atomic mass is 10.2. The molecule has 0 radical (unpaired) electrons. The molecule has 2 N–H and O–H groups in total. The Morgan fingerprint density at radius 3 is 1.37 bits per heavy atom. The number of anilines is 1. The van der Waals surface area contributed by atoms with Gasteiger partial charge in [-0.3, -0.25) is 0 Å². The largest absolute Gasteiger partial charge is 0.494 e. The summed E-state index contributed by atoms with van der Waals surface area (Å²) < 4.78 is 31.3. The molecule has 4 aromatic rings. The molecule has 0 aliphatic carbocycles. The summed E-state index contributed by atoms with van der Waals surface area (Å²) in [5, 5.41) is 3.31. The Bertz CT molecular complexity index is 1690. The van der Waals surface area contributed by atoms with Crippen LogP contribution in [0.4, 0.5) is 5.69 Å². The first-order valence-corrected chi connectivity index (χ1v) is 16.3. The average molecular weight is 853 g/mol. The second-order valence-electron chi connectivity index (χ2n) is 10.4. The first kappa shape index (κ1) is 42.9. The molecule has 0 atom stereocenters. The summed E-state index contributed by atoms with van der Waals surface area (Å²) in [4.78, 5) is 45.2. The van der Waals surface area contributed by atoms with Crippen LogP contribution in [0.15, 0.2) is 58.6 Å². The smallest absolute Gasteiger partial charge is 0.341 e. The lowest BCUT2D eigenvalue weighted by Gasteiger charge is -2.11. The van der Waals surface area contributed by atoms with E-state index in [4.69, 9.17) is 71.1 Å². The van der Waals surface area contributed by atoms with E-state index in [1.165, 1.54) is 65.1 Å². The summed E-state index contributed by atoms with van der Waals surface area (Å²) in [6.45, 7) is 5.28. The minimum atomic E-state index is -0.585. The number of nitrogens with zero attached hydrogens (tertiary/aromatic N) is 3. The number of carbonyl (C=O) groups is 2. The molecule has 274 valence electrons. The zero-order valence-corrected chi connectivity index (χ0v) is 32.6. The molecule has 0 unspecified atom stereocenters. The van der Waals surface area contributed by atoms with Crippen LogP contribution in [0.3, 0.4) is 0 Å². The maximum absolute atomic E-state index is 11.7. The van der Waals surface area contributed by atoms with Crippen LogP contribution in [0.25, 0.3) is 0 Å². The van der Waals surface area contributed by atoms with Crippen LogP contribution in [0.1, 0.15) is 41.5 Å². The van der Waals surface area contributed by atoms with Gasteiger partial charge < -0.3 is 39.0 Å². The number of hydrogen-bond donors (Lipinski definition) is 1. The fraction of sp³-hybridized carbons (Fsp3) is 0.250. The molecule has 0 aliphatic heterocycles. The summed E-state index contributed by atoms with van der Waals surface area (Å²) in [6, 6.07) is 9.01. The average Bonchev–Trinajstić information content (AvgIpc) is 3.07. The Kier molecular flexibility index (Phi) is 16.8. The molecule has 51 heavy (non-hydrogen) atoms. The normalized spacial score (nSPS) is 10.3. The maximum atomic E-state index is 11.7. The Hall–Kier alpha value is -4.28. The van der Waals surface area contributed by atoms with Crippen LogP contribution >= 0.6 is 62.3 Å². The number of aromatic nitrogens is 2. The number of nitrogen functional groups attached to an aromatic ring is 1. The van der Waals surface area contributed by atoms with Crippen molar-refractivity contribution in [3.8, 4) is 34.8 Å². The first-order valence-electron chi connectivity index (χ1n) is 14.0. The molecule has 0 spiro atoms. The lowest BCUT2D eigenvalue weighted by Crippen LogP contribution is -2.14. The SMILES string of the molecule is CC(C)(C)ON=O.COC(=O)c1cc(Oc2c(Cl)cc(Br)cc2Cl)ncc1OC.COC(=O)c1cc(Oc2c(Cl)cc(N)cc2Cl)ncc1OC. The fourth-order valence-corrected chi connectivity index (χ4v) is 5.31. The van der Waals surface area contributed by atoms with Crippen molar-refractivity contribution >= 4 is 80.0 Å². The van der Waals surface area contributed by atoms with E-state index in [1.54, 1.807) is 32.9 Å². The molecule has 2 aromatic heterocycles. The Morgan fingerprint density at radius 2 is 1.08 bits per heavy atom. The van der Waals surface area contributed by atoms with Gasteiger partial charge in [-0.25, -0.2) is 19.6 Å². The standard InChI is InChI=1S/C14H10BrCl2NO4.C14H12Cl2N2O4.C4H9NO2/c1-20-11-6-18-12(5-8(11)14(19)21-2)22-13-9(16)3-7(15)4-10(13)17;1-20-11-6-18-12(5-8(11)14(19)21-2)22-13-9(15)3-7(17)4-10(13)16;1-4(2,3)7-5-6/h3-6H,1-2H3;3-6H,17H2,1-2H3;1-3H3. The maximum Gasteiger partial charge on any atom is 0.341 e. The first-order chi connectivity index (χ1) is 24.0. The highest BCUT2D eigenvalue weighted by Gasteiger charge is 2.19. The van der Waals surface area contributed by atoms with Crippen molar-refractivity contribution in [2.75, 3.05) is 34.2 Å². The monoisotopic (exact) mass is 850 g/mol. The van der Waals surface area contributed by atoms with Crippen molar-refractivity contribution in [3.63, 3.8) is 0 Å². The molecular formula is C32H31BrCl4N4O10. The van der Waals surface area contributed by atoms with E-state index in [9.17, 15) is 14.5 Å². The molecular weight excluding hydrogens is 822 g/mol. The number of ether oxygens (including phenoxy) is 6. The van der Waals surface area contributed by atoms with E-state index in [2.05, 4.69) is 45.5 Å². The lowest BCUT2D eigenvalue weighted by molar-refractivity contribution is -0.00230. The van der Waals surface area contributed by atoms with Crippen molar-refractivity contribution in [2.24, 2.45) is 5.34 Å². The van der Waals surface area contributed by atoms with E-state index in [1.807, 2.05) is 0 Å². The zero-order chi connectivity index (χ0) is 38.5. The topological polar surface area (TPSA) is 180 Å². The molecule has 0 fully saturated rings. The molecule has 0 amide bonds. The number of pyridine rings is 2. The number of hydrogen-bond acceptors (Lipinski definition) is 14. The Balaban J connectivity index is 0.000000299. The molecule has 2 aromatic carbocycles. The second kappa shape index (κ2) is 19.9. The molecule has 19 heteroatoms. The number of rotatable bonds is 9. The third-order valence-corrected chi connectivity index (χ3v) is 7.22. The molecule has 0 saturated heterocycles. The van der Waals surface area contributed by atoms with Crippen molar-refractivity contribution in [2.45, 2.75) is 26.4 Å². The Labute approximate surface area is 321 Å². The van der Waals surface area contributed by atoms with Crippen LogP contribution in [0.2, 0.25) is 20.1 Å². The number of carbonyl (C=O) groups excluding carboxylic acids is 2. The minimum Gasteiger partial charge on any atom is -0.494 e. The number of benzene rings is 2. The van der Waals surface area contributed by atoms with Gasteiger partial charge in [0.05, 0.1) is 60.9 Å². The zero-order valence-electron chi connectivity index (χ0n) is 28.0. The predicted octanol–water partition coefficient (Wildman–Crippen LogP) is 9.78. The molecule has 2 heterocycles. The molecule has 14 nitrogen and oxygen atoms in total. The molecule has 4 rings (SSSR count). The second-order valence-corrected chi connectivity index (χ2v) is 13.0.